The van der Waals surface area contributed by atoms with E-state index >= 15 is 0 Å². The van der Waals surface area contributed by atoms with Crippen LogP contribution >= 0.6 is 27.3 Å². The summed E-state index contributed by atoms with van der Waals surface area (Å²) in [7, 11) is 0. The van der Waals surface area contributed by atoms with E-state index in [4.69, 9.17) is 0 Å². The highest BCUT2D eigenvalue weighted by molar-refractivity contribution is 9.10. The van der Waals surface area contributed by atoms with Crippen molar-refractivity contribution in [1.82, 2.24) is 0 Å². The quantitative estimate of drug-likeness (QED) is 0.378. The van der Waals surface area contributed by atoms with Crippen molar-refractivity contribution in [2.75, 3.05) is 0 Å². The van der Waals surface area contributed by atoms with Gasteiger partial charge in [-0.05, 0) is 24.3 Å². The molecule has 1 aromatic heterocycles. The number of aromatic hydroxyl groups is 1. The summed E-state index contributed by atoms with van der Waals surface area (Å²) < 4.78 is 2.70. The van der Waals surface area contributed by atoms with E-state index in [-0.39, 0.29) is 22.9 Å². The van der Waals surface area contributed by atoms with Crippen molar-refractivity contribution in [3.05, 3.63) is 75.3 Å². The molecule has 3 nitrogen and oxygen atoms in total. The van der Waals surface area contributed by atoms with Gasteiger partial charge in [-0.3, -0.25) is 9.59 Å². The zero-order valence-electron chi connectivity index (χ0n) is 12.7. The van der Waals surface area contributed by atoms with Gasteiger partial charge in [-0.1, -0.05) is 40.2 Å². The Morgan fingerprint density at radius 2 is 1.52 bits per heavy atom. The van der Waals surface area contributed by atoms with Crippen molar-refractivity contribution >= 4 is 59.0 Å². The summed E-state index contributed by atoms with van der Waals surface area (Å²) in [4.78, 5) is 26.1. The summed E-state index contributed by atoms with van der Waals surface area (Å²) in [6.07, 6.45) is 0. The van der Waals surface area contributed by atoms with Gasteiger partial charge < -0.3 is 5.11 Å². The molecular formula is C20H9BrO3S. The number of carbonyl (C=O) groups is 2. The van der Waals surface area contributed by atoms with E-state index in [1.807, 2.05) is 18.2 Å². The summed E-state index contributed by atoms with van der Waals surface area (Å²) in [6, 6.07) is 14.2. The van der Waals surface area contributed by atoms with E-state index in [1.165, 1.54) is 11.3 Å². The number of carbonyl (C=O) groups excluding carboxylic acids is 2. The molecule has 0 unspecified atom stereocenters. The van der Waals surface area contributed by atoms with Crippen molar-refractivity contribution in [2.45, 2.75) is 0 Å². The minimum Gasteiger partial charge on any atom is -0.507 e. The topological polar surface area (TPSA) is 54.4 Å². The number of hydrogen-bond acceptors (Lipinski definition) is 4. The van der Waals surface area contributed by atoms with Crippen LogP contribution in [0.5, 0.6) is 5.75 Å². The van der Waals surface area contributed by atoms with Gasteiger partial charge in [0.25, 0.3) is 0 Å². The van der Waals surface area contributed by atoms with Crippen LogP contribution < -0.4 is 0 Å². The molecule has 3 aromatic carbocycles. The number of thiophene rings is 1. The second kappa shape index (κ2) is 5.00. The molecule has 1 heterocycles. The first kappa shape index (κ1) is 14.8. The number of rotatable bonds is 0. The van der Waals surface area contributed by atoms with E-state index in [0.29, 0.717) is 16.7 Å². The minimum absolute atomic E-state index is 0.107. The van der Waals surface area contributed by atoms with Gasteiger partial charge in [0.05, 0.1) is 5.56 Å². The zero-order chi connectivity index (χ0) is 17.3. The zero-order valence-corrected chi connectivity index (χ0v) is 15.1. The molecule has 120 valence electrons. The number of hydrogen-bond donors (Lipinski definition) is 1. The Balaban J connectivity index is 2.01. The number of benzene rings is 3. The first-order valence-corrected chi connectivity index (χ1v) is 9.23. The summed E-state index contributed by atoms with van der Waals surface area (Å²) in [5.41, 5.74) is 1.15. The van der Waals surface area contributed by atoms with Gasteiger partial charge in [0.1, 0.15) is 5.75 Å². The van der Waals surface area contributed by atoms with E-state index < -0.39 is 0 Å². The van der Waals surface area contributed by atoms with Crippen molar-refractivity contribution in [2.24, 2.45) is 0 Å². The lowest BCUT2D eigenvalue weighted by atomic mass is 9.81. The molecule has 0 radical (unpaired) electrons. The maximum absolute atomic E-state index is 13.2. The molecule has 0 atom stereocenters. The van der Waals surface area contributed by atoms with Crippen LogP contribution in [-0.4, -0.2) is 16.7 Å². The molecule has 0 amide bonds. The molecule has 0 bridgehead atoms. The Bertz CT molecular complexity index is 1250. The maximum Gasteiger partial charge on any atom is 0.198 e. The summed E-state index contributed by atoms with van der Waals surface area (Å²) in [5, 5.41) is 12.1. The average molecular weight is 409 g/mol. The fourth-order valence-electron chi connectivity index (χ4n) is 3.50. The third-order valence-electron chi connectivity index (χ3n) is 4.57. The smallest absolute Gasteiger partial charge is 0.198 e. The molecule has 1 aliphatic carbocycles. The Kier molecular flexibility index (Phi) is 2.96. The van der Waals surface area contributed by atoms with Crippen molar-refractivity contribution < 1.29 is 14.7 Å². The lowest BCUT2D eigenvalue weighted by molar-refractivity contribution is 0.0978. The van der Waals surface area contributed by atoms with E-state index in [9.17, 15) is 14.7 Å². The van der Waals surface area contributed by atoms with Gasteiger partial charge in [0.15, 0.2) is 11.6 Å². The second-order valence-corrected chi connectivity index (χ2v) is 7.96. The standard InChI is InChI=1S/C20H9BrO3S/c21-9-5-6-14-12(7-9)16-15(25-14)8-13(22)17-18(16)20(24)11-4-2-1-3-10(11)19(17)23/h1-8,22H. The highest BCUT2D eigenvalue weighted by Crippen LogP contribution is 2.44. The SMILES string of the molecule is O=C1c2ccccc2C(=O)c2c1c(O)cc1sc3ccc(Br)cc3c21. The van der Waals surface area contributed by atoms with Gasteiger partial charge in [-0.2, -0.15) is 0 Å². The molecule has 4 aromatic rings. The van der Waals surface area contributed by atoms with Crippen molar-refractivity contribution in [1.29, 1.82) is 0 Å². The van der Waals surface area contributed by atoms with Crippen LogP contribution in [0.4, 0.5) is 0 Å². The highest BCUT2D eigenvalue weighted by Gasteiger charge is 2.34. The van der Waals surface area contributed by atoms with Gasteiger partial charge in [-0.25, -0.2) is 0 Å². The maximum atomic E-state index is 13.2. The fourth-order valence-corrected chi connectivity index (χ4v) is 4.99. The highest BCUT2D eigenvalue weighted by atomic mass is 79.9. The molecular weight excluding hydrogens is 400 g/mol. The lowest BCUT2D eigenvalue weighted by Gasteiger charge is -2.19. The van der Waals surface area contributed by atoms with Crippen molar-refractivity contribution in [3.63, 3.8) is 0 Å². The van der Waals surface area contributed by atoms with Gasteiger partial charge in [-0.15, -0.1) is 11.3 Å². The molecule has 5 heteroatoms. The predicted molar refractivity (Wildman–Crippen MR) is 102 cm³/mol. The molecule has 0 fully saturated rings. The van der Waals surface area contributed by atoms with Gasteiger partial charge in [0, 0.05) is 41.3 Å². The molecule has 25 heavy (non-hydrogen) atoms. The third kappa shape index (κ3) is 1.91. The molecule has 0 aliphatic heterocycles. The van der Waals surface area contributed by atoms with E-state index in [0.717, 1.165) is 24.6 Å². The van der Waals surface area contributed by atoms with Crippen LogP contribution in [0, 0.1) is 0 Å². The summed E-state index contributed by atoms with van der Waals surface area (Å²) >= 11 is 4.97. The van der Waals surface area contributed by atoms with Crippen molar-refractivity contribution in [3.8, 4) is 5.75 Å². The van der Waals surface area contributed by atoms with Crippen LogP contribution in [0.3, 0.4) is 0 Å². The molecule has 0 spiro atoms. The first-order chi connectivity index (χ1) is 12.1. The Labute approximate surface area is 154 Å². The molecule has 5 rings (SSSR count). The van der Waals surface area contributed by atoms with Crippen LogP contribution in [0.15, 0.2) is 53.0 Å². The third-order valence-corrected chi connectivity index (χ3v) is 6.18. The summed E-state index contributed by atoms with van der Waals surface area (Å²) in [5.74, 6) is -0.661. The minimum atomic E-state index is -0.307. The van der Waals surface area contributed by atoms with Crippen LogP contribution in [0.2, 0.25) is 0 Å². The Morgan fingerprint density at radius 3 is 2.24 bits per heavy atom. The van der Waals surface area contributed by atoms with Gasteiger partial charge >= 0.3 is 0 Å². The number of fused-ring (bicyclic) bond motifs is 6. The van der Waals surface area contributed by atoms with Crippen LogP contribution in [0.25, 0.3) is 20.2 Å². The Morgan fingerprint density at radius 1 is 0.840 bits per heavy atom. The number of ketones is 2. The fraction of sp³-hybridized carbons (Fsp3) is 0. The second-order valence-electron chi connectivity index (χ2n) is 5.97. The number of halogens is 1. The summed E-state index contributed by atoms with van der Waals surface area (Å²) in [6.45, 7) is 0. The number of phenols is 1. The van der Waals surface area contributed by atoms with E-state index in [1.54, 1.807) is 30.3 Å². The number of phenolic OH excluding ortho intramolecular Hbond substituents is 1. The normalized spacial score (nSPS) is 13.3. The molecule has 1 aliphatic rings. The van der Waals surface area contributed by atoms with Crippen LogP contribution in [0.1, 0.15) is 31.8 Å². The largest absolute Gasteiger partial charge is 0.507 e. The lowest BCUT2D eigenvalue weighted by Crippen LogP contribution is -2.21. The average Bonchev–Trinajstić information content (AvgIpc) is 2.96. The molecule has 0 saturated heterocycles. The monoisotopic (exact) mass is 408 g/mol. The first-order valence-electron chi connectivity index (χ1n) is 7.62. The van der Waals surface area contributed by atoms with E-state index in [2.05, 4.69) is 15.9 Å². The predicted octanol–water partition coefficient (Wildman–Crippen LogP) is 5.30. The molecule has 1 N–H and O–H groups in total. The van der Waals surface area contributed by atoms with Gasteiger partial charge in [0.2, 0.25) is 0 Å². The van der Waals surface area contributed by atoms with Crippen LogP contribution in [-0.2, 0) is 0 Å². The molecule has 0 saturated carbocycles. The Hall–Kier alpha value is -2.50.